The number of amides is 2. The number of nitrogens with one attached hydrogen (secondary N) is 2. The summed E-state index contributed by atoms with van der Waals surface area (Å²) in [6, 6.07) is 2.12. The predicted molar refractivity (Wildman–Crippen MR) is 74.4 cm³/mol. The number of carbonyl (C=O) groups excluding carboxylic acids is 1. The third-order valence-electron chi connectivity index (χ3n) is 2.78. The monoisotopic (exact) mass is 282 g/mol. The van der Waals surface area contributed by atoms with E-state index in [4.69, 9.17) is 9.52 Å². The third kappa shape index (κ3) is 5.77. The molecule has 1 rings (SSSR count). The number of urea groups is 1. The summed E-state index contributed by atoms with van der Waals surface area (Å²) >= 11 is 0. The molecule has 1 aromatic rings. The van der Waals surface area contributed by atoms with Crippen molar-refractivity contribution < 1.29 is 19.1 Å². The van der Waals surface area contributed by atoms with Crippen molar-refractivity contribution in [2.45, 2.75) is 45.7 Å². The van der Waals surface area contributed by atoms with Crippen molar-refractivity contribution in [3.05, 3.63) is 24.2 Å². The Morgan fingerprint density at radius 1 is 1.30 bits per heavy atom. The van der Waals surface area contributed by atoms with Gasteiger partial charge in [-0.05, 0) is 31.4 Å². The molecule has 0 spiro atoms. The molecular formula is C14H22N2O4. The molecule has 0 fully saturated rings. The molecule has 2 atom stereocenters. The minimum absolute atomic E-state index is 0.144. The Morgan fingerprint density at radius 2 is 2.00 bits per heavy atom. The lowest BCUT2D eigenvalue weighted by atomic mass is 10.0. The average Bonchev–Trinajstić information content (AvgIpc) is 2.79. The van der Waals surface area contributed by atoms with Crippen LogP contribution < -0.4 is 10.6 Å². The van der Waals surface area contributed by atoms with Gasteiger partial charge in [-0.1, -0.05) is 13.8 Å². The first kappa shape index (κ1) is 16.1. The van der Waals surface area contributed by atoms with Gasteiger partial charge in [-0.15, -0.1) is 0 Å². The molecule has 0 radical (unpaired) electrons. The molecule has 0 saturated carbocycles. The third-order valence-corrected chi connectivity index (χ3v) is 2.78. The Hall–Kier alpha value is -1.98. The Kier molecular flexibility index (Phi) is 6.09. The first-order valence-electron chi connectivity index (χ1n) is 6.70. The SMILES string of the molecule is CC(C)C[C@H](NC(=O)NC(C)Cc1ccco1)C(=O)O. The van der Waals surface area contributed by atoms with Crippen LogP contribution in [0.4, 0.5) is 4.79 Å². The number of rotatable bonds is 7. The number of hydrogen-bond donors (Lipinski definition) is 3. The largest absolute Gasteiger partial charge is 0.480 e. The number of furan rings is 1. The van der Waals surface area contributed by atoms with Gasteiger partial charge in [-0.25, -0.2) is 9.59 Å². The van der Waals surface area contributed by atoms with E-state index in [1.54, 1.807) is 12.3 Å². The maximum absolute atomic E-state index is 11.8. The van der Waals surface area contributed by atoms with Crippen LogP contribution in [0, 0.1) is 5.92 Å². The highest BCUT2D eigenvalue weighted by Crippen LogP contribution is 2.06. The van der Waals surface area contributed by atoms with E-state index in [1.165, 1.54) is 0 Å². The molecule has 20 heavy (non-hydrogen) atoms. The summed E-state index contributed by atoms with van der Waals surface area (Å²) in [5.74, 6) is -0.0563. The van der Waals surface area contributed by atoms with E-state index < -0.39 is 18.0 Å². The van der Waals surface area contributed by atoms with Crippen LogP contribution in [0.15, 0.2) is 22.8 Å². The fraction of sp³-hybridized carbons (Fsp3) is 0.571. The van der Waals surface area contributed by atoms with Crippen molar-refractivity contribution in [2.75, 3.05) is 0 Å². The van der Waals surface area contributed by atoms with E-state index in [1.807, 2.05) is 26.8 Å². The van der Waals surface area contributed by atoms with Crippen molar-refractivity contribution in [2.24, 2.45) is 5.92 Å². The Balaban J connectivity index is 2.42. The molecule has 3 N–H and O–H groups in total. The second-order valence-electron chi connectivity index (χ2n) is 5.32. The summed E-state index contributed by atoms with van der Waals surface area (Å²) in [7, 11) is 0. The second kappa shape index (κ2) is 7.57. The zero-order valence-electron chi connectivity index (χ0n) is 12.1. The van der Waals surface area contributed by atoms with Crippen LogP contribution in [0.3, 0.4) is 0 Å². The maximum atomic E-state index is 11.8. The zero-order valence-corrected chi connectivity index (χ0v) is 12.1. The van der Waals surface area contributed by atoms with Gasteiger partial charge in [-0.2, -0.15) is 0 Å². The van der Waals surface area contributed by atoms with Gasteiger partial charge in [0.2, 0.25) is 0 Å². The van der Waals surface area contributed by atoms with Crippen LogP contribution in [0.1, 0.15) is 33.0 Å². The van der Waals surface area contributed by atoms with Crippen molar-refractivity contribution in [1.29, 1.82) is 0 Å². The summed E-state index contributed by atoms with van der Waals surface area (Å²) in [4.78, 5) is 22.8. The summed E-state index contributed by atoms with van der Waals surface area (Å²) in [6.45, 7) is 5.66. The van der Waals surface area contributed by atoms with Gasteiger partial charge >= 0.3 is 12.0 Å². The smallest absolute Gasteiger partial charge is 0.326 e. The first-order chi connectivity index (χ1) is 9.38. The topological polar surface area (TPSA) is 91.6 Å². The highest BCUT2D eigenvalue weighted by molar-refractivity contribution is 5.82. The van der Waals surface area contributed by atoms with Crippen LogP contribution in [-0.4, -0.2) is 29.2 Å². The standard InChI is InChI=1S/C14H22N2O4/c1-9(2)7-12(13(17)18)16-14(19)15-10(3)8-11-5-4-6-20-11/h4-6,9-10,12H,7-8H2,1-3H3,(H,17,18)(H2,15,16,19)/t10?,12-/m0/s1. The average molecular weight is 282 g/mol. The Labute approximate surface area is 118 Å². The fourth-order valence-electron chi connectivity index (χ4n) is 1.90. The summed E-state index contributed by atoms with van der Waals surface area (Å²) in [5, 5.41) is 14.2. The number of carbonyl (C=O) groups is 2. The van der Waals surface area contributed by atoms with E-state index in [0.29, 0.717) is 12.8 Å². The van der Waals surface area contributed by atoms with Gasteiger partial charge < -0.3 is 20.2 Å². The Morgan fingerprint density at radius 3 is 2.50 bits per heavy atom. The molecule has 6 heteroatoms. The molecule has 1 aromatic heterocycles. The van der Waals surface area contributed by atoms with Crippen LogP contribution >= 0.6 is 0 Å². The predicted octanol–water partition coefficient (Wildman–Crippen LogP) is 2.01. The van der Waals surface area contributed by atoms with Gasteiger partial charge in [-0.3, -0.25) is 0 Å². The van der Waals surface area contributed by atoms with E-state index in [0.717, 1.165) is 5.76 Å². The quantitative estimate of drug-likeness (QED) is 0.713. The molecule has 0 saturated heterocycles. The maximum Gasteiger partial charge on any atom is 0.326 e. The van der Waals surface area contributed by atoms with Gasteiger partial charge in [0, 0.05) is 12.5 Å². The van der Waals surface area contributed by atoms with Gasteiger partial charge in [0.1, 0.15) is 11.8 Å². The van der Waals surface area contributed by atoms with Gasteiger partial charge in [0.05, 0.1) is 6.26 Å². The number of carboxylic acids is 1. The molecule has 0 aliphatic rings. The number of aliphatic carboxylic acids is 1. The van der Waals surface area contributed by atoms with Crippen LogP contribution in [0.5, 0.6) is 0 Å². The Bertz CT molecular complexity index is 428. The van der Waals surface area contributed by atoms with Crippen molar-refractivity contribution in [3.63, 3.8) is 0 Å². The van der Waals surface area contributed by atoms with E-state index in [2.05, 4.69) is 10.6 Å². The van der Waals surface area contributed by atoms with Gasteiger partial charge in [0.25, 0.3) is 0 Å². The number of carboxylic acid groups (broad SMARTS) is 1. The van der Waals surface area contributed by atoms with E-state index in [9.17, 15) is 9.59 Å². The van der Waals surface area contributed by atoms with Crippen molar-refractivity contribution in [1.82, 2.24) is 10.6 Å². The highest BCUT2D eigenvalue weighted by atomic mass is 16.4. The molecule has 2 amide bonds. The fourth-order valence-corrected chi connectivity index (χ4v) is 1.90. The minimum atomic E-state index is -1.02. The molecule has 0 aliphatic carbocycles. The molecule has 6 nitrogen and oxygen atoms in total. The first-order valence-corrected chi connectivity index (χ1v) is 6.70. The summed E-state index contributed by atoms with van der Waals surface area (Å²) in [5.41, 5.74) is 0. The molecule has 112 valence electrons. The lowest BCUT2D eigenvalue weighted by molar-refractivity contribution is -0.139. The lowest BCUT2D eigenvalue weighted by Gasteiger charge is -2.19. The van der Waals surface area contributed by atoms with Crippen molar-refractivity contribution in [3.8, 4) is 0 Å². The van der Waals surface area contributed by atoms with Gasteiger partial charge in [0.15, 0.2) is 0 Å². The minimum Gasteiger partial charge on any atom is -0.480 e. The van der Waals surface area contributed by atoms with Crippen LogP contribution in [0.2, 0.25) is 0 Å². The lowest BCUT2D eigenvalue weighted by Crippen LogP contribution is -2.49. The number of hydrogen-bond acceptors (Lipinski definition) is 3. The summed E-state index contributed by atoms with van der Waals surface area (Å²) in [6.07, 6.45) is 2.53. The highest BCUT2D eigenvalue weighted by Gasteiger charge is 2.21. The van der Waals surface area contributed by atoms with Crippen LogP contribution in [-0.2, 0) is 11.2 Å². The molecular weight excluding hydrogens is 260 g/mol. The van der Waals surface area contributed by atoms with E-state index in [-0.39, 0.29) is 12.0 Å². The molecule has 1 unspecified atom stereocenters. The second-order valence-corrected chi connectivity index (χ2v) is 5.32. The molecule has 1 heterocycles. The molecule has 0 aromatic carbocycles. The van der Waals surface area contributed by atoms with Crippen molar-refractivity contribution >= 4 is 12.0 Å². The zero-order chi connectivity index (χ0) is 15.1. The van der Waals surface area contributed by atoms with Crippen LogP contribution in [0.25, 0.3) is 0 Å². The summed E-state index contributed by atoms with van der Waals surface area (Å²) < 4.78 is 5.19. The molecule has 0 bridgehead atoms. The van der Waals surface area contributed by atoms with E-state index >= 15 is 0 Å². The normalized spacial score (nSPS) is 13.8. The molecule has 0 aliphatic heterocycles.